The van der Waals surface area contributed by atoms with E-state index in [9.17, 15) is 4.79 Å². The topological polar surface area (TPSA) is 68.5 Å². The molecule has 1 fully saturated rings. The van der Waals surface area contributed by atoms with E-state index < -0.39 is 0 Å². The summed E-state index contributed by atoms with van der Waals surface area (Å²) in [6.45, 7) is 5.64. The summed E-state index contributed by atoms with van der Waals surface area (Å²) in [4.78, 5) is 18.9. The molecule has 5 heteroatoms. The van der Waals surface area contributed by atoms with Gasteiger partial charge in [-0.3, -0.25) is 4.79 Å². The fourth-order valence-electron chi connectivity index (χ4n) is 2.66. The van der Waals surface area contributed by atoms with Gasteiger partial charge < -0.3 is 15.4 Å². The Hall–Kier alpha value is -2.14. The largest absolute Gasteiger partial charge is 0.398 e. The molecule has 0 saturated carbocycles. The second kappa shape index (κ2) is 5.00. The molecule has 0 unspecified atom stereocenters. The predicted octanol–water partition coefficient (Wildman–Crippen LogP) is 2.07. The van der Waals surface area contributed by atoms with Crippen LogP contribution in [0.1, 0.15) is 24.3 Å². The molecule has 1 aliphatic rings. The molecule has 0 aliphatic carbocycles. The maximum Gasteiger partial charge on any atom is 0.272 e. The second-order valence-corrected chi connectivity index (χ2v) is 5.95. The molecule has 0 radical (unpaired) electrons. The summed E-state index contributed by atoms with van der Waals surface area (Å²) in [7, 11) is 0. The van der Waals surface area contributed by atoms with Crippen LogP contribution < -0.4 is 5.73 Å². The number of para-hydroxylation sites is 1. The molecule has 110 valence electrons. The van der Waals surface area contributed by atoms with Gasteiger partial charge >= 0.3 is 0 Å². The number of hydrogen-bond donors (Lipinski definition) is 1. The molecular weight excluding hydrogens is 266 g/mol. The molecule has 21 heavy (non-hydrogen) atoms. The molecule has 2 aromatic rings. The normalized spacial score (nSPS) is 17.9. The number of morpholine rings is 1. The third-order valence-electron chi connectivity index (χ3n) is 3.68. The maximum absolute atomic E-state index is 12.6. The second-order valence-electron chi connectivity index (χ2n) is 5.95. The lowest BCUT2D eigenvalue weighted by molar-refractivity contribution is -0.0764. The SMILES string of the molecule is CC1(C)CN(C(=O)c2cc(N)c3ccccc3n2)CCO1. The van der Waals surface area contributed by atoms with Gasteiger partial charge in [-0.25, -0.2) is 4.98 Å². The number of benzene rings is 1. The van der Waals surface area contributed by atoms with E-state index in [-0.39, 0.29) is 11.5 Å². The van der Waals surface area contributed by atoms with Crippen molar-refractivity contribution in [3.63, 3.8) is 0 Å². The van der Waals surface area contributed by atoms with E-state index in [2.05, 4.69) is 4.98 Å². The third-order valence-corrected chi connectivity index (χ3v) is 3.68. The molecule has 5 nitrogen and oxygen atoms in total. The number of pyridine rings is 1. The number of nitrogens with two attached hydrogens (primary N) is 1. The Balaban J connectivity index is 1.94. The first kappa shape index (κ1) is 13.8. The number of ether oxygens (including phenoxy) is 1. The first-order valence-electron chi connectivity index (χ1n) is 7.05. The predicted molar refractivity (Wildman–Crippen MR) is 82.1 cm³/mol. The highest BCUT2D eigenvalue weighted by molar-refractivity contribution is 5.99. The van der Waals surface area contributed by atoms with E-state index >= 15 is 0 Å². The quantitative estimate of drug-likeness (QED) is 0.871. The van der Waals surface area contributed by atoms with E-state index in [4.69, 9.17) is 10.5 Å². The van der Waals surface area contributed by atoms with Gasteiger partial charge in [0.15, 0.2) is 0 Å². The number of carbonyl (C=O) groups is 1. The summed E-state index contributed by atoms with van der Waals surface area (Å²) in [6, 6.07) is 9.23. The van der Waals surface area contributed by atoms with Gasteiger partial charge in [0.05, 0.1) is 17.7 Å². The Kier molecular flexibility index (Phi) is 3.29. The molecule has 2 N–H and O–H groups in total. The number of hydrogen-bond acceptors (Lipinski definition) is 4. The van der Waals surface area contributed by atoms with Gasteiger partial charge in [0, 0.05) is 24.2 Å². The first-order valence-corrected chi connectivity index (χ1v) is 7.05. The van der Waals surface area contributed by atoms with Crippen LogP contribution in [0.5, 0.6) is 0 Å². The molecule has 1 aromatic carbocycles. The monoisotopic (exact) mass is 285 g/mol. The van der Waals surface area contributed by atoms with Crippen LogP contribution >= 0.6 is 0 Å². The van der Waals surface area contributed by atoms with Crippen molar-refractivity contribution < 1.29 is 9.53 Å². The first-order chi connectivity index (χ1) is 9.96. The molecule has 0 spiro atoms. The van der Waals surface area contributed by atoms with Crippen molar-refractivity contribution in [3.05, 3.63) is 36.0 Å². The Labute approximate surface area is 123 Å². The Morgan fingerprint density at radius 3 is 2.90 bits per heavy atom. The molecule has 1 saturated heterocycles. The van der Waals surface area contributed by atoms with Crippen molar-refractivity contribution in [1.82, 2.24) is 9.88 Å². The van der Waals surface area contributed by atoms with Crippen LogP contribution in [0, 0.1) is 0 Å². The molecule has 1 aromatic heterocycles. The van der Waals surface area contributed by atoms with Crippen molar-refractivity contribution in [1.29, 1.82) is 0 Å². The van der Waals surface area contributed by atoms with E-state index in [0.717, 1.165) is 10.9 Å². The van der Waals surface area contributed by atoms with Crippen LogP contribution in [-0.4, -0.2) is 41.1 Å². The Bertz CT molecular complexity index is 697. The van der Waals surface area contributed by atoms with Gasteiger partial charge in [0.25, 0.3) is 5.91 Å². The van der Waals surface area contributed by atoms with Crippen LogP contribution in [0.3, 0.4) is 0 Å². The molecular formula is C16H19N3O2. The number of nitrogens with zero attached hydrogens (tertiary/aromatic N) is 2. The van der Waals surface area contributed by atoms with Crippen LogP contribution in [0.15, 0.2) is 30.3 Å². The van der Waals surface area contributed by atoms with Crippen LogP contribution in [0.2, 0.25) is 0 Å². The standard InChI is InChI=1S/C16H19N3O2/c1-16(2)10-19(7-8-21-16)15(20)14-9-12(17)11-5-3-4-6-13(11)18-14/h3-6,9H,7-8,10H2,1-2H3,(H2,17,18). The van der Waals surface area contributed by atoms with Crippen molar-refractivity contribution in [3.8, 4) is 0 Å². The lowest BCUT2D eigenvalue weighted by Crippen LogP contribution is -2.50. The van der Waals surface area contributed by atoms with Gasteiger partial charge in [-0.2, -0.15) is 0 Å². The molecule has 0 bridgehead atoms. The minimum atomic E-state index is -0.323. The van der Waals surface area contributed by atoms with Crippen LogP contribution in [-0.2, 0) is 4.74 Å². The third kappa shape index (κ3) is 2.69. The number of nitrogen functional groups attached to an aromatic ring is 1. The fraction of sp³-hybridized carbons (Fsp3) is 0.375. The number of amides is 1. The number of rotatable bonds is 1. The number of carbonyl (C=O) groups excluding carboxylic acids is 1. The van der Waals surface area contributed by atoms with Crippen molar-refractivity contribution in [2.45, 2.75) is 19.4 Å². The average Bonchev–Trinajstić information content (AvgIpc) is 2.45. The zero-order valence-corrected chi connectivity index (χ0v) is 12.3. The Morgan fingerprint density at radius 1 is 1.38 bits per heavy atom. The Morgan fingerprint density at radius 2 is 2.14 bits per heavy atom. The molecule has 1 aliphatic heterocycles. The lowest BCUT2D eigenvalue weighted by atomic mass is 10.1. The van der Waals surface area contributed by atoms with E-state index in [1.54, 1.807) is 11.0 Å². The summed E-state index contributed by atoms with van der Waals surface area (Å²) >= 11 is 0. The molecule has 0 atom stereocenters. The highest BCUT2D eigenvalue weighted by atomic mass is 16.5. The van der Waals surface area contributed by atoms with Crippen molar-refractivity contribution >= 4 is 22.5 Å². The van der Waals surface area contributed by atoms with Gasteiger partial charge in [-0.05, 0) is 26.0 Å². The number of aromatic nitrogens is 1. The van der Waals surface area contributed by atoms with Crippen LogP contribution in [0.25, 0.3) is 10.9 Å². The van der Waals surface area contributed by atoms with Gasteiger partial charge in [0.1, 0.15) is 5.69 Å². The number of anilines is 1. The molecule has 1 amide bonds. The van der Waals surface area contributed by atoms with Gasteiger partial charge in [-0.1, -0.05) is 18.2 Å². The highest BCUT2D eigenvalue weighted by Crippen LogP contribution is 2.23. The van der Waals surface area contributed by atoms with Gasteiger partial charge in [0.2, 0.25) is 0 Å². The molecule has 3 rings (SSSR count). The van der Waals surface area contributed by atoms with Crippen molar-refractivity contribution in [2.75, 3.05) is 25.4 Å². The molecule has 2 heterocycles. The van der Waals surface area contributed by atoms with Gasteiger partial charge in [-0.15, -0.1) is 0 Å². The lowest BCUT2D eigenvalue weighted by Gasteiger charge is -2.38. The summed E-state index contributed by atoms with van der Waals surface area (Å²) in [5.74, 6) is -0.0937. The average molecular weight is 285 g/mol. The minimum Gasteiger partial charge on any atom is -0.398 e. The fourth-order valence-corrected chi connectivity index (χ4v) is 2.66. The zero-order valence-electron chi connectivity index (χ0n) is 12.3. The minimum absolute atomic E-state index is 0.0937. The maximum atomic E-state index is 12.6. The summed E-state index contributed by atoms with van der Waals surface area (Å²) < 4.78 is 5.64. The summed E-state index contributed by atoms with van der Waals surface area (Å²) in [5.41, 5.74) is 7.44. The smallest absolute Gasteiger partial charge is 0.272 e. The summed E-state index contributed by atoms with van der Waals surface area (Å²) in [5, 5.41) is 0.872. The van der Waals surface area contributed by atoms with E-state index in [1.807, 2.05) is 38.1 Å². The van der Waals surface area contributed by atoms with Crippen LogP contribution in [0.4, 0.5) is 5.69 Å². The van der Waals surface area contributed by atoms with E-state index in [1.165, 1.54) is 0 Å². The number of fused-ring (bicyclic) bond motifs is 1. The van der Waals surface area contributed by atoms with E-state index in [0.29, 0.717) is 31.1 Å². The van der Waals surface area contributed by atoms with Crippen molar-refractivity contribution in [2.24, 2.45) is 0 Å². The highest BCUT2D eigenvalue weighted by Gasteiger charge is 2.31. The zero-order chi connectivity index (χ0) is 15.0. The summed E-state index contributed by atoms with van der Waals surface area (Å²) in [6.07, 6.45) is 0.